The van der Waals surface area contributed by atoms with Gasteiger partial charge in [-0.2, -0.15) is 0 Å². The van der Waals surface area contributed by atoms with Gasteiger partial charge in [-0.05, 0) is 37.7 Å². The van der Waals surface area contributed by atoms with Gasteiger partial charge in [0, 0.05) is 25.2 Å². The molecular formula is C18H25N3O. The van der Waals surface area contributed by atoms with Crippen molar-refractivity contribution < 1.29 is 0 Å². The van der Waals surface area contributed by atoms with Crippen molar-refractivity contribution in [3.63, 3.8) is 0 Å². The van der Waals surface area contributed by atoms with Crippen molar-refractivity contribution in [2.75, 3.05) is 20.6 Å². The van der Waals surface area contributed by atoms with Crippen LogP contribution in [0.4, 0.5) is 0 Å². The predicted octanol–water partition coefficient (Wildman–Crippen LogP) is 2.10. The molecule has 22 heavy (non-hydrogen) atoms. The van der Waals surface area contributed by atoms with E-state index in [9.17, 15) is 4.79 Å². The van der Waals surface area contributed by atoms with E-state index in [4.69, 9.17) is 5.73 Å². The Morgan fingerprint density at radius 3 is 2.32 bits per heavy atom. The van der Waals surface area contributed by atoms with Crippen LogP contribution >= 0.6 is 0 Å². The Hall–Kier alpha value is -1.91. The third-order valence-corrected chi connectivity index (χ3v) is 3.90. The third kappa shape index (κ3) is 3.64. The van der Waals surface area contributed by atoms with Crippen LogP contribution in [-0.2, 0) is 19.5 Å². The minimum absolute atomic E-state index is 0.0152. The summed E-state index contributed by atoms with van der Waals surface area (Å²) >= 11 is 0. The number of nitrogens with zero attached hydrogens (tertiary/aromatic N) is 2. The second-order valence-corrected chi connectivity index (χ2v) is 5.76. The average Bonchev–Trinajstić information content (AvgIpc) is 2.53. The van der Waals surface area contributed by atoms with Crippen molar-refractivity contribution in [3.8, 4) is 11.3 Å². The second kappa shape index (κ2) is 7.38. The van der Waals surface area contributed by atoms with Gasteiger partial charge in [0.25, 0.3) is 5.56 Å². The zero-order valence-corrected chi connectivity index (χ0v) is 13.7. The Labute approximate surface area is 132 Å². The maximum Gasteiger partial charge on any atom is 0.255 e. The van der Waals surface area contributed by atoms with Crippen LogP contribution in [-0.4, -0.2) is 30.1 Å². The van der Waals surface area contributed by atoms with E-state index < -0.39 is 0 Å². The molecule has 0 aliphatic carbocycles. The minimum Gasteiger partial charge on any atom is -0.326 e. The maximum atomic E-state index is 12.6. The highest BCUT2D eigenvalue weighted by Crippen LogP contribution is 2.19. The first-order valence-corrected chi connectivity index (χ1v) is 7.73. The molecule has 0 amide bonds. The summed E-state index contributed by atoms with van der Waals surface area (Å²) in [6.07, 6.45) is 1.01. The molecule has 0 aliphatic rings. The molecule has 0 saturated carbocycles. The molecule has 0 radical (unpaired) electrons. The van der Waals surface area contributed by atoms with Gasteiger partial charge in [-0.3, -0.25) is 4.79 Å². The molecule has 0 fully saturated rings. The first kappa shape index (κ1) is 16.5. The molecule has 0 saturated heterocycles. The number of nitrogens with two attached hydrogens (primary N) is 1. The van der Waals surface area contributed by atoms with E-state index in [0.717, 1.165) is 24.2 Å². The average molecular weight is 299 g/mol. The first-order valence-electron chi connectivity index (χ1n) is 7.73. The number of pyridine rings is 1. The molecule has 2 rings (SSSR count). The summed E-state index contributed by atoms with van der Waals surface area (Å²) in [5.41, 5.74) is 9.67. The summed E-state index contributed by atoms with van der Waals surface area (Å²) in [4.78, 5) is 14.7. The molecule has 1 aromatic carbocycles. The number of benzene rings is 1. The molecule has 2 aromatic rings. The van der Waals surface area contributed by atoms with Crippen molar-refractivity contribution >= 4 is 0 Å². The molecule has 1 heterocycles. The van der Waals surface area contributed by atoms with Crippen molar-refractivity contribution in [1.29, 1.82) is 0 Å². The number of likely N-dealkylation sites (N-methyl/N-ethyl adjacent to an activating group) is 1. The Morgan fingerprint density at radius 2 is 1.77 bits per heavy atom. The molecule has 0 spiro atoms. The fraction of sp³-hybridized carbons (Fsp3) is 0.389. The van der Waals surface area contributed by atoms with Gasteiger partial charge in [-0.25, -0.2) is 0 Å². The quantitative estimate of drug-likeness (QED) is 0.888. The van der Waals surface area contributed by atoms with Crippen LogP contribution < -0.4 is 11.3 Å². The lowest BCUT2D eigenvalue weighted by molar-refractivity contribution is 0.381. The monoisotopic (exact) mass is 299 g/mol. The fourth-order valence-electron chi connectivity index (χ4n) is 2.46. The van der Waals surface area contributed by atoms with Crippen molar-refractivity contribution in [3.05, 3.63) is 57.9 Å². The van der Waals surface area contributed by atoms with Crippen molar-refractivity contribution in [2.45, 2.75) is 26.4 Å². The van der Waals surface area contributed by atoms with E-state index >= 15 is 0 Å². The van der Waals surface area contributed by atoms with Gasteiger partial charge in [0.15, 0.2) is 0 Å². The van der Waals surface area contributed by atoms with E-state index in [1.165, 1.54) is 5.56 Å². The smallest absolute Gasteiger partial charge is 0.255 e. The van der Waals surface area contributed by atoms with Gasteiger partial charge < -0.3 is 15.2 Å². The highest BCUT2D eigenvalue weighted by molar-refractivity contribution is 5.60. The first-order chi connectivity index (χ1) is 10.6. The van der Waals surface area contributed by atoms with Crippen LogP contribution in [0.3, 0.4) is 0 Å². The van der Waals surface area contributed by atoms with Gasteiger partial charge >= 0.3 is 0 Å². The fourth-order valence-corrected chi connectivity index (χ4v) is 2.46. The molecular weight excluding hydrogens is 274 g/mol. The van der Waals surface area contributed by atoms with Gasteiger partial charge in [-0.1, -0.05) is 37.3 Å². The third-order valence-electron chi connectivity index (χ3n) is 3.90. The van der Waals surface area contributed by atoms with E-state index in [1.807, 2.05) is 30.8 Å². The van der Waals surface area contributed by atoms with Crippen molar-refractivity contribution in [2.24, 2.45) is 5.73 Å². The lowest BCUT2D eigenvalue weighted by Gasteiger charge is -2.17. The Bertz CT molecular complexity index is 672. The number of hydrogen-bond donors (Lipinski definition) is 1. The molecule has 0 unspecified atom stereocenters. The van der Waals surface area contributed by atoms with Gasteiger partial charge in [0.1, 0.15) is 0 Å². The van der Waals surface area contributed by atoms with E-state index in [0.29, 0.717) is 12.1 Å². The summed E-state index contributed by atoms with van der Waals surface area (Å²) in [7, 11) is 4.01. The van der Waals surface area contributed by atoms with E-state index in [2.05, 4.69) is 36.1 Å². The summed E-state index contributed by atoms with van der Waals surface area (Å²) in [5.74, 6) is 0. The number of rotatable bonds is 6. The van der Waals surface area contributed by atoms with E-state index in [-0.39, 0.29) is 12.1 Å². The van der Waals surface area contributed by atoms with Crippen LogP contribution in [0.25, 0.3) is 11.3 Å². The minimum atomic E-state index is 0.0152. The maximum absolute atomic E-state index is 12.6. The van der Waals surface area contributed by atoms with Gasteiger partial charge in [0.05, 0.1) is 5.69 Å². The van der Waals surface area contributed by atoms with Gasteiger partial charge in [-0.15, -0.1) is 0 Å². The molecule has 118 valence electrons. The number of aryl methyl sites for hydroxylation is 1. The Balaban J connectivity index is 2.48. The second-order valence-electron chi connectivity index (χ2n) is 5.76. The van der Waals surface area contributed by atoms with E-state index in [1.54, 1.807) is 0 Å². The van der Waals surface area contributed by atoms with Crippen LogP contribution in [0, 0.1) is 0 Å². The molecule has 2 N–H and O–H groups in total. The highest BCUT2D eigenvalue weighted by atomic mass is 16.1. The topological polar surface area (TPSA) is 51.3 Å². The molecule has 4 heteroatoms. The van der Waals surface area contributed by atoms with Crippen LogP contribution in [0.5, 0.6) is 0 Å². The molecule has 1 aromatic heterocycles. The van der Waals surface area contributed by atoms with Crippen molar-refractivity contribution in [1.82, 2.24) is 9.47 Å². The summed E-state index contributed by atoms with van der Waals surface area (Å²) in [6.45, 7) is 3.88. The standard InChI is InChI=1S/C18H25N3O/c1-4-14-5-7-15(8-6-14)17-10-9-16(13-19)18(22)21(17)12-11-20(2)3/h5-10H,4,11-13,19H2,1-3H3. The summed E-state index contributed by atoms with van der Waals surface area (Å²) in [5, 5.41) is 0. The lowest BCUT2D eigenvalue weighted by Crippen LogP contribution is -2.30. The largest absolute Gasteiger partial charge is 0.326 e. The normalized spacial score (nSPS) is 11.1. The number of hydrogen-bond acceptors (Lipinski definition) is 3. The van der Waals surface area contributed by atoms with Crippen LogP contribution in [0.2, 0.25) is 0 Å². The zero-order valence-electron chi connectivity index (χ0n) is 13.7. The predicted molar refractivity (Wildman–Crippen MR) is 92.0 cm³/mol. The molecule has 4 nitrogen and oxygen atoms in total. The molecule has 0 aliphatic heterocycles. The molecule has 0 atom stereocenters. The summed E-state index contributed by atoms with van der Waals surface area (Å²) < 4.78 is 1.84. The lowest BCUT2D eigenvalue weighted by atomic mass is 10.1. The Morgan fingerprint density at radius 1 is 1.09 bits per heavy atom. The van der Waals surface area contributed by atoms with Crippen LogP contribution in [0.15, 0.2) is 41.2 Å². The number of aromatic nitrogens is 1. The summed E-state index contributed by atoms with van der Waals surface area (Å²) in [6, 6.07) is 12.3. The molecule has 0 bridgehead atoms. The van der Waals surface area contributed by atoms with Gasteiger partial charge in [0.2, 0.25) is 0 Å². The van der Waals surface area contributed by atoms with Crippen LogP contribution in [0.1, 0.15) is 18.1 Å². The SMILES string of the molecule is CCc1ccc(-c2ccc(CN)c(=O)n2CCN(C)C)cc1. The zero-order chi connectivity index (χ0) is 16.1. The highest BCUT2D eigenvalue weighted by Gasteiger charge is 2.10. The Kier molecular flexibility index (Phi) is 5.52.